The van der Waals surface area contributed by atoms with Crippen molar-refractivity contribution in [2.24, 2.45) is 0 Å². The lowest BCUT2D eigenvalue weighted by atomic mass is 9.98. The van der Waals surface area contributed by atoms with Gasteiger partial charge in [0.15, 0.2) is 0 Å². The Balaban J connectivity index is 1.92. The van der Waals surface area contributed by atoms with Crippen LogP contribution in [0.3, 0.4) is 0 Å². The summed E-state index contributed by atoms with van der Waals surface area (Å²) >= 11 is 1.40. The van der Waals surface area contributed by atoms with Gasteiger partial charge < -0.3 is 14.8 Å². The van der Waals surface area contributed by atoms with Crippen LogP contribution in [0.2, 0.25) is 0 Å². The van der Waals surface area contributed by atoms with Gasteiger partial charge in [-0.15, -0.1) is 11.3 Å². The maximum Gasteiger partial charge on any atom is 0.263 e. The van der Waals surface area contributed by atoms with Gasteiger partial charge >= 0.3 is 0 Å². The lowest BCUT2D eigenvalue weighted by molar-refractivity contribution is 0.0907. The number of aliphatic hydroxyl groups excluding tert-OH is 1. The van der Waals surface area contributed by atoms with E-state index in [0.29, 0.717) is 17.1 Å². The fourth-order valence-electron chi connectivity index (χ4n) is 2.01. The first-order chi connectivity index (χ1) is 10.3. The SMILES string of the molecule is CC(CC(O)c1ccco1)NC(=O)c1cnc(C(C)(C)C)s1. The number of hydrogen-bond acceptors (Lipinski definition) is 5. The van der Waals surface area contributed by atoms with Crippen molar-refractivity contribution in [3.8, 4) is 0 Å². The predicted molar refractivity (Wildman–Crippen MR) is 86.0 cm³/mol. The monoisotopic (exact) mass is 322 g/mol. The van der Waals surface area contributed by atoms with E-state index >= 15 is 0 Å². The summed E-state index contributed by atoms with van der Waals surface area (Å²) in [6, 6.07) is 3.28. The van der Waals surface area contributed by atoms with Gasteiger partial charge in [-0.2, -0.15) is 0 Å². The molecule has 0 saturated heterocycles. The molecule has 1 amide bonds. The number of nitrogens with one attached hydrogen (secondary N) is 1. The zero-order chi connectivity index (χ0) is 16.3. The van der Waals surface area contributed by atoms with Gasteiger partial charge in [0.05, 0.1) is 17.5 Å². The largest absolute Gasteiger partial charge is 0.467 e. The van der Waals surface area contributed by atoms with Crippen molar-refractivity contribution >= 4 is 17.2 Å². The molecule has 5 nitrogen and oxygen atoms in total. The molecule has 2 rings (SSSR count). The Morgan fingerprint density at radius 1 is 1.50 bits per heavy atom. The average Bonchev–Trinajstić information content (AvgIpc) is 3.09. The molecule has 0 radical (unpaired) electrons. The van der Waals surface area contributed by atoms with Gasteiger partial charge in [0.1, 0.15) is 16.7 Å². The molecule has 2 heterocycles. The number of carbonyl (C=O) groups excluding carboxylic acids is 1. The van der Waals surface area contributed by atoms with E-state index in [0.717, 1.165) is 5.01 Å². The van der Waals surface area contributed by atoms with Crippen LogP contribution in [0.25, 0.3) is 0 Å². The Morgan fingerprint density at radius 3 is 2.77 bits per heavy atom. The smallest absolute Gasteiger partial charge is 0.263 e. The molecule has 0 saturated carbocycles. The van der Waals surface area contributed by atoms with Crippen molar-refractivity contribution in [2.75, 3.05) is 0 Å². The molecule has 2 unspecified atom stereocenters. The van der Waals surface area contributed by atoms with Gasteiger partial charge in [-0.25, -0.2) is 4.98 Å². The van der Waals surface area contributed by atoms with Crippen molar-refractivity contribution in [1.29, 1.82) is 0 Å². The zero-order valence-corrected chi connectivity index (χ0v) is 14.1. The number of amides is 1. The second-order valence-corrected chi connectivity index (χ2v) is 7.45. The van der Waals surface area contributed by atoms with Crippen LogP contribution in [0.5, 0.6) is 0 Å². The quantitative estimate of drug-likeness (QED) is 0.886. The molecule has 6 heteroatoms. The highest BCUT2D eigenvalue weighted by Gasteiger charge is 2.22. The van der Waals surface area contributed by atoms with Crippen molar-refractivity contribution in [2.45, 2.75) is 51.7 Å². The fourth-order valence-corrected chi connectivity index (χ4v) is 2.89. The maximum absolute atomic E-state index is 12.2. The third kappa shape index (κ3) is 4.18. The van der Waals surface area contributed by atoms with Gasteiger partial charge in [-0.05, 0) is 19.1 Å². The van der Waals surface area contributed by atoms with E-state index in [1.807, 2.05) is 6.92 Å². The Hall–Kier alpha value is -1.66. The Kier molecular flexibility index (Phi) is 5.03. The molecule has 0 aliphatic heterocycles. The molecular formula is C16H22N2O3S. The number of nitrogens with zero attached hydrogens (tertiary/aromatic N) is 1. The van der Waals surface area contributed by atoms with Crippen molar-refractivity contribution < 1.29 is 14.3 Å². The van der Waals surface area contributed by atoms with Crippen molar-refractivity contribution in [3.05, 3.63) is 40.2 Å². The summed E-state index contributed by atoms with van der Waals surface area (Å²) < 4.78 is 5.16. The minimum absolute atomic E-state index is 0.0652. The summed E-state index contributed by atoms with van der Waals surface area (Å²) in [5, 5.41) is 13.8. The van der Waals surface area contributed by atoms with Crippen LogP contribution in [-0.2, 0) is 5.41 Å². The minimum Gasteiger partial charge on any atom is -0.467 e. The number of furan rings is 1. The molecule has 2 N–H and O–H groups in total. The zero-order valence-electron chi connectivity index (χ0n) is 13.3. The molecule has 0 fully saturated rings. The summed E-state index contributed by atoms with van der Waals surface area (Å²) in [6.07, 6.45) is 2.80. The van der Waals surface area contributed by atoms with Crippen molar-refractivity contribution in [3.63, 3.8) is 0 Å². The third-order valence-electron chi connectivity index (χ3n) is 3.20. The molecule has 120 valence electrons. The van der Waals surface area contributed by atoms with Crippen LogP contribution < -0.4 is 5.32 Å². The van der Waals surface area contributed by atoms with Gasteiger partial charge in [0.2, 0.25) is 0 Å². The summed E-state index contributed by atoms with van der Waals surface area (Å²) in [7, 11) is 0. The topological polar surface area (TPSA) is 75.4 Å². The molecule has 0 aromatic carbocycles. The summed E-state index contributed by atoms with van der Waals surface area (Å²) in [6.45, 7) is 8.05. The van der Waals surface area contributed by atoms with Crippen molar-refractivity contribution in [1.82, 2.24) is 10.3 Å². The fraction of sp³-hybridized carbons (Fsp3) is 0.500. The Labute approximate surface area is 134 Å². The predicted octanol–water partition coefficient (Wildman–Crippen LogP) is 3.28. The average molecular weight is 322 g/mol. The van der Waals surface area contributed by atoms with Crippen LogP contribution in [0, 0.1) is 0 Å². The maximum atomic E-state index is 12.2. The summed E-state index contributed by atoms with van der Waals surface area (Å²) in [5.41, 5.74) is -0.0652. The normalized spacial score (nSPS) is 14.6. The molecule has 2 aromatic heterocycles. The van der Waals surface area contributed by atoms with Crippen LogP contribution in [-0.4, -0.2) is 22.0 Å². The van der Waals surface area contributed by atoms with E-state index in [9.17, 15) is 9.90 Å². The van der Waals surface area contributed by atoms with E-state index in [-0.39, 0.29) is 17.4 Å². The van der Waals surface area contributed by atoms with Gasteiger partial charge in [0.25, 0.3) is 5.91 Å². The highest BCUT2D eigenvalue weighted by Crippen LogP contribution is 2.27. The molecule has 22 heavy (non-hydrogen) atoms. The Morgan fingerprint density at radius 2 is 2.23 bits per heavy atom. The van der Waals surface area contributed by atoms with Crippen LogP contribution in [0.15, 0.2) is 29.0 Å². The Bertz CT molecular complexity index is 614. The number of carbonyl (C=O) groups is 1. The highest BCUT2D eigenvalue weighted by atomic mass is 32.1. The van der Waals surface area contributed by atoms with E-state index in [1.54, 1.807) is 18.3 Å². The second kappa shape index (κ2) is 6.62. The molecule has 0 aliphatic carbocycles. The minimum atomic E-state index is -0.725. The third-order valence-corrected chi connectivity index (χ3v) is 4.62. The van der Waals surface area contributed by atoms with Crippen LogP contribution in [0.4, 0.5) is 0 Å². The lowest BCUT2D eigenvalue weighted by Gasteiger charge is -2.16. The molecule has 0 bridgehead atoms. The second-order valence-electron chi connectivity index (χ2n) is 6.42. The first-order valence-electron chi connectivity index (χ1n) is 7.26. The molecular weight excluding hydrogens is 300 g/mol. The molecule has 0 aliphatic rings. The number of aromatic nitrogens is 1. The number of hydrogen-bond donors (Lipinski definition) is 2. The summed E-state index contributed by atoms with van der Waals surface area (Å²) in [4.78, 5) is 17.1. The standard InChI is InChI=1S/C16H22N2O3S/c1-10(8-11(19)12-6-5-7-21-12)18-14(20)13-9-17-15(22-13)16(2,3)4/h5-7,9-11,19H,8H2,1-4H3,(H,18,20). The summed E-state index contributed by atoms with van der Waals surface area (Å²) in [5.74, 6) is 0.348. The van der Waals surface area contributed by atoms with Crippen LogP contribution in [0.1, 0.15) is 60.7 Å². The number of thiazole rings is 1. The van der Waals surface area contributed by atoms with Gasteiger partial charge in [0, 0.05) is 17.9 Å². The van der Waals surface area contributed by atoms with E-state index in [1.165, 1.54) is 17.6 Å². The lowest BCUT2D eigenvalue weighted by Crippen LogP contribution is -2.33. The first kappa shape index (κ1) is 16.7. The molecule has 0 spiro atoms. The number of rotatable bonds is 5. The highest BCUT2D eigenvalue weighted by molar-refractivity contribution is 7.13. The van der Waals surface area contributed by atoms with E-state index in [4.69, 9.17) is 4.42 Å². The van der Waals surface area contributed by atoms with Gasteiger partial charge in [-0.1, -0.05) is 20.8 Å². The molecule has 2 aromatic rings. The number of aliphatic hydroxyl groups is 1. The van der Waals surface area contributed by atoms with E-state index < -0.39 is 6.10 Å². The first-order valence-corrected chi connectivity index (χ1v) is 8.07. The van der Waals surface area contributed by atoms with Crippen LogP contribution >= 0.6 is 11.3 Å². The van der Waals surface area contributed by atoms with E-state index in [2.05, 4.69) is 31.1 Å². The van der Waals surface area contributed by atoms with Gasteiger partial charge in [-0.3, -0.25) is 4.79 Å². The molecule has 2 atom stereocenters.